The normalized spacial score (nSPS) is 10.7. The van der Waals surface area contributed by atoms with Crippen LogP contribution in [0.1, 0.15) is 0 Å². The first-order valence-electron chi connectivity index (χ1n) is 5.59. The number of pyridine rings is 1. The molecule has 3 rings (SSSR count). The van der Waals surface area contributed by atoms with Crippen LogP contribution in [0.4, 0.5) is 10.5 Å². The van der Waals surface area contributed by atoms with Crippen LogP contribution in [0.5, 0.6) is 0 Å². The third-order valence-corrected chi connectivity index (χ3v) is 2.84. The third-order valence-electron chi connectivity index (χ3n) is 2.84. The van der Waals surface area contributed by atoms with Crippen LogP contribution >= 0.6 is 0 Å². The maximum absolute atomic E-state index is 11.1. The number of urea groups is 1. The number of amides is 2. The van der Waals surface area contributed by atoms with Crippen molar-refractivity contribution in [3.63, 3.8) is 0 Å². The Bertz CT molecular complexity index is 698. The van der Waals surface area contributed by atoms with Crippen LogP contribution in [0, 0.1) is 0 Å². The fraction of sp³-hybridized carbons (Fsp3) is 0. The van der Waals surface area contributed by atoms with Crippen molar-refractivity contribution in [3.8, 4) is 0 Å². The molecule has 2 amide bonds. The Hall–Kier alpha value is -2.62. The van der Waals surface area contributed by atoms with Gasteiger partial charge in [-0.2, -0.15) is 0 Å². The number of carbonyl (C=O) groups excluding carboxylic acids is 1. The maximum atomic E-state index is 11.1. The number of hydrogen-bond acceptors (Lipinski definition) is 2. The highest BCUT2D eigenvalue weighted by Gasteiger charge is 2.09. The highest BCUT2D eigenvalue weighted by molar-refractivity contribution is 6.12. The van der Waals surface area contributed by atoms with Crippen LogP contribution in [0.25, 0.3) is 21.8 Å². The van der Waals surface area contributed by atoms with Gasteiger partial charge in [-0.3, -0.25) is 0 Å². The van der Waals surface area contributed by atoms with Crippen LogP contribution in [-0.2, 0) is 0 Å². The fourth-order valence-electron chi connectivity index (χ4n) is 2.10. The van der Waals surface area contributed by atoms with Crippen LogP contribution in [0.15, 0.2) is 48.5 Å². The SMILES string of the molecule is NC(=O)Nc1c2ccccc2nc2ccccc12. The van der Waals surface area contributed by atoms with E-state index in [1.807, 2.05) is 48.5 Å². The van der Waals surface area contributed by atoms with E-state index < -0.39 is 6.03 Å². The van der Waals surface area contributed by atoms with Crippen molar-refractivity contribution < 1.29 is 4.79 Å². The van der Waals surface area contributed by atoms with Crippen molar-refractivity contribution in [2.75, 3.05) is 5.32 Å². The van der Waals surface area contributed by atoms with Crippen LogP contribution in [0.2, 0.25) is 0 Å². The topological polar surface area (TPSA) is 68.0 Å². The molecule has 0 aliphatic heterocycles. The number of fused-ring (bicyclic) bond motifs is 2. The Balaban J connectivity index is 2.45. The molecule has 88 valence electrons. The number of benzene rings is 2. The second-order valence-corrected chi connectivity index (χ2v) is 4.01. The summed E-state index contributed by atoms with van der Waals surface area (Å²) in [4.78, 5) is 15.7. The summed E-state index contributed by atoms with van der Waals surface area (Å²) in [6.07, 6.45) is 0. The number of anilines is 1. The van der Waals surface area contributed by atoms with E-state index in [0.717, 1.165) is 21.8 Å². The number of primary amides is 1. The number of nitrogens with one attached hydrogen (secondary N) is 1. The summed E-state index contributed by atoms with van der Waals surface area (Å²) in [6.45, 7) is 0. The number of aromatic nitrogens is 1. The largest absolute Gasteiger partial charge is 0.351 e. The lowest BCUT2D eigenvalue weighted by molar-refractivity contribution is 0.259. The van der Waals surface area contributed by atoms with Gasteiger partial charge < -0.3 is 11.1 Å². The lowest BCUT2D eigenvalue weighted by atomic mass is 10.1. The van der Waals surface area contributed by atoms with E-state index in [1.54, 1.807) is 0 Å². The molecule has 0 aliphatic carbocycles. The molecule has 0 atom stereocenters. The molecule has 1 heterocycles. The minimum absolute atomic E-state index is 0.573. The molecule has 0 unspecified atom stereocenters. The maximum Gasteiger partial charge on any atom is 0.316 e. The number of para-hydroxylation sites is 2. The summed E-state index contributed by atoms with van der Waals surface area (Å²) in [6, 6.07) is 14.7. The summed E-state index contributed by atoms with van der Waals surface area (Å²) in [5.41, 5.74) is 7.61. The molecular formula is C14H11N3O. The van der Waals surface area contributed by atoms with Crippen LogP contribution in [-0.4, -0.2) is 11.0 Å². The van der Waals surface area contributed by atoms with E-state index in [4.69, 9.17) is 5.73 Å². The molecule has 18 heavy (non-hydrogen) atoms. The molecule has 4 heteroatoms. The Morgan fingerprint density at radius 2 is 1.44 bits per heavy atom. The highest BCUT2D eigenvalue weighted by atomic mass is 16.2. The van der Waals surface area contributed by atoms with Gasteiger partial charge in [0, 0.05) is 10.8 Å². The molecule has 0 radical (unpaired) electrons. The van der Waals surface area contributed by atoms with Gasteiger partial charge >= 0.3 is 6.03 Å². The summed E-state index contributed by atoms with van der Waals surface area (Å²) in [5.74, 6) is 0. The molecule has 0 aliphatic rings. The van der Waals surface area contributed by atoms with E-state index >= 15 is 0 Å². The van der Waals surface area contributed by atoms with Gasteiger partial charge in [0.15, 0.2) is 0 Å². The Morgan fingerprint density at radius 3 is 1.94 bits per heavy atom. The minimum Gasteiger partial charge on any atom is -0.351 e. The van der Waals surface area contributed by atoms with Gasteiger partial charge in [0.05, 0.1) is 16.7 Å². The highest BCUT2D eigenvalue weighted by Crippen LogP contribution is 2.30. The van der Waals surface area contributed by atoms with E-state index in [-0.39, 0.29) is 0 Å². The number of rotatable bonds is 1. The average molecular weight is 237 g/mol. The van der Waals surface area contributed by atoms with Gasteiger partial charge in [0.1, 0.15) is 0 Å². The van der Waals surface area contributed by atoms with E-state index in [0.29, 0.717) is 5.69 Å². The Labute approximate surface area is 103 Å². The zero-order valence-electron chi connectivity index (χ0n) is 9.55. The van der Waals surface area contributed by atoms with Gasteiger partial charge in [0.25, 0.3) is 0 Å². The van der Waals surface area contributed by atoms with Crippen molar-refractivity contribution in [1.82, 2.24) is 4.98 Å². The van der Waals surface area contributed by atoms with E-state index in [1.165, 1.54) is 0 Å². The number of hydrogen-bond donors (Lipinski definition) is 2. The first-order valence-corrected chi connectivity index (χ1v) is 5.59. The van der Waals surface area contributed by atoms with Crippen LogP contribution < -0.4 is 11.1 Å². The second kappa shape index (κ2) is 4.00. The third kappa shape index (κ3) is 1.64. The summed E-state index contributed by atoms with van der Waals surface area (Å²) in [7, 11) is 0. The molecule has 4 nitrogen and oxygen atoms in total. The predicted molar refractivity (Wildman–Crippen MR) is 72.5 cm³/mol. The average Bonchev–Trinajstić information content (AvgIpc) is 2.38. The van der Waals surface area contributed by atoms with E-state index in [9.17, 15) is 4.79 Å². The number of carbonyl (C=O) groups is 1. The van der Waals surface area contributed by atoms with Gasteiger partial charge in [-0.1, -0.05) is 36.4 Å². The molecular weight excluding hydrogens is 226 g/mol. The monoisotopic (exact) mass is 237 g/mol. The van der Waals surface area contributed by atoms with Crippen molar-refractivity contribution in [1.29, 1.82) is 0 Å². The summed E-state index contributed by atoms with van der Waals surface area (Å²) < 4.78 is 0. The Kier molecular flexibility index (Phi) is 2.34. The van der Waals surface area contributed by atoms with Crippen LogP contribution in [0.3, 0.4) is 0 Å². The van der Waals surface area contributed by atoms with Gasteiger partial charge in [-0.15, -0.1) is 0 Å². The van der Waals surface area contributed by atoms with Gasteiger partial charge in [-0.05, 0) is 12.1 Å². The predicted octanol–water partition coefficient (Wildman–Crippen LogP) is 2.88. The Morgan fingerprint density at radius 1 is 0.944 bits per heavy atom. The zero-order valence-corrected chi connectivity index (χ0v) is 9.55. The summed E-state index contributed by atoms with van der Waals surface area (Å²) >= 11 is 0. The number of nitrogens with zero attached hydrogens (tertiary/aromatic N) is 1. The molecule has 0 saturated carbocycles. The molecule has 3 aromatic rings. The lowest BCUT2D eigenvalue weighted by Gasteiger charge is -2.10. The lowest BCUT2D eigenvalue weighted by Crippen LogP contribution is -2.19. The molecule has 0 saturated heterocycles. The second-order valence-electron chi connectivity index (χ2n) is 4.01. The first-order chi connectivity index (χ1) is 8.75. The zero-order chi connectivity index (χ0) is 12.5. The molecule has 0 bridgehead atoms. The smallest absolute Gasteiger partial charge is 0.316 e. The van der Waals surface area contributed by atoms with Gasteiger partial charge in [-0.25, -0.2) is 9.78 Å². The van der Waals surface area contributed by atoms with Gasteiger partial charge in [0.2, 0.25) is 0 Å². The first kappa shape index (κ1) is 10.5. The van der Waals surface area contributed by atoms with Crippen molar-refractivity contribution in [2.45, 2.75) is 0 Å². The summed E-state index contributed by atoms with van der Waals surface area (Å²) in [5, 5.41) is 4.46. The van der Waals surface area contributed by atoms with Crippen molar-refractivity contribution in [2.24, 2.45) is 5.73 Å². The molecule has 0 spiro atoms. The molecule has 2 aromatic carbocycles. The molecule has 3 N–H and O–H groups in total. The minimum atomic E-state index is -0.573. The van der Waals surface area contributed by atoms with Crippen molar-refractivity contribution >= 4 is 33.5 Å². The molecule has 0 fully saturated rings. The fourth-order valence-corrected chi connectivity index (χ4v) is 2.10. The van der Waals surface area contributed by atoms with E-state index in [2.05, 4.69) is 10.3 Å². The van der Waals surface area contributed by atoms with Crippen molar-refractivity contribution in [3.05, 3.63) is 48.5 Å². The quantitative estimate of drug-likeness (QED) is 0.639. The standard InChI is InChI=1S/C14H11N3O/c15-14(18)17-13-9-5-1-3-7-11(9)16-12-8-4-2-6-10(12)13/h1-8H,(H3,15,16,17,18). The molecule has 1 aromatic heterocycles. The number of nitrogens with two attached hydrogens (primary N) is 1.